The summed E-state index contributed by atoms with van der Waals surface area (Å²) in [5.41, 5.74) is 0. The van der Waals surface area contributed by atoms with Crippen molar-refractivity contribution in [3.05, 3.63) is 0 Å². The topological polar surface area (TPSA) is 87.6 Å². The van der Waals surface area contributed by atoms with Crippen LogP contribution in [0.15, 0.2) is 0 Å². The Morgan fingerprint density at radius 3 is 1.71 bits per heavy atom. The Labute approximate surface area is 41.7 Å². The summed E-state index contributed by atoms with van der Waals surface area (Å²) in [7, 11) is -3.49. The minimum atomic E-state index is -4.40. The van der Waals surface area contributed by atoms with E-state index >= 15 is 0 Å². The lowest BCUT2D eigenvalue weighted by atomic mass is 11.8. The van der Waals surface area contributed by atoms with Crippen molar-refractivity contribution in [2.75, 3.05) is 7.11 Å². The van der Waals surface area contributed by atoms with Crippen molar-refractivity contribution in [3.8, 4) is 0 Å². The van der Waals surface area contributed by atoms with E-state index in [1.807, 2.05) is 0 Å². The molecule has 44 valence electrons. The van der Waals surface area contributed by atoms with E-state index in [1.54, 1.807) is 0 Å². The fourth-order valence-corrected chi connectivity index (χ4v) is 0.231. The Hall–Kier alpha value is 0.0900. The molecule has 0 aromatic rings. The fraction of sp³-hybridized carbons (Fsp3) is 1.00. The molecule has 0 unspecified atom stereocenters. The van der Waals surface area contributed by atoms with Crippen molar-refractivity contribution in [2.45, 2.75) is 0 Å². The Kier molecular flexibility index (Phi) is 2.44. The van der Waals surface area contributed by atoms with E-state index in [2.05, 4.69) is 9.33 Å². The summed E-state index contributed by atoms with van der Waals surface area (Å²) in [5, 5.41) is 0. The second-order valence-electron chi connectivity index (χ2n) is 0.608. The number of rotatable bonds is 2. The highest BCUT2D eigenvalue weighted by Gasteiger charge is 2.16. The number of hydrogen-bond donors (Lipinski definition) is 0. The van der Waals surface area contributed by atoms with Gasteiger partial charge in [-0.05, 0) is 0 Å². The van der Waals surface area contributed by atoms with Gasteiger partial charge in [-0.2, -0.15) is 14.0 Å². The molecular weight excluding hydrogens is 127 g/mol. The van der Waals surface area contributed by atoms with E-state index in [1.165, 1.54) is 0 Å². The summed E-state index contributed by atoms with van der Waals surface area (Å²) in [5.74, 6) is 0. The van der Waals surface area contributed by atoms with Gasteiger partial charge in [-0.25, -0.2) is 0 Å². The normalized spacial score (nSPS) is 12.0. The zero-order valence-electron chi connectivity index (χ0n) is 3.42. The molecule has 0 aromatic heterocycles. The van der Waals surface area contributed by atoms with Crippen molar-refractivity contribution in [3.63, 3.8) is 0 Å². The zero-order chi connectivity index (χ0) is 5.91. The molecule has 0 N–H and O–H groups in total. The molecule has 5 nitrogen and oxygen atoms in total. The van der Waals surface area contributed by atoms with Gasteiger partial charge in [0.05, 0.1) is 7.11 Å². The van der Waals surface area contributed by atoms with Gasteiger partial charge in [0.1, 0.15) is 10.2 Å². The van der Waals surface area contributed by atoms with Gasteiger partial charge in [-0.3, -0.25) is 0 Å². The summed E-state index contributed by atoms with van der Waals surface area (Å²) in [6.07, 6.45) is 0. The summed E-state index contributed by atoms with van der Waals surface area (Å²) in [6.45, 7) is 0. The van der Waals surface area contributed by atoms with Crippen LogP contribution in [0, 0.1) is 10.2 Å². The van der Waals surface area contributed by atoms with Gasteiger partial charge in [0, 0.05) is 0 Å². The largest absolute Gasteiger partial charge is 0.263 e. The van der Waals surface area contributed by atoms with Crippen LogP contribution in [0.5, 0.6) is 0 Å². The molecule has 0 radical (unpaired) electrons. The molecule has 0 heterocycles. The minimum Gasteiger partial charge on any atom is -0.180 e. The lowest BCUT2D eigenvalue weighted by Gasteiger charge is -2.07. The molecule has 0 saturated carbocycles. The molecule has 0 aliphatic rings. The second kappa shape index (κ2) is 2.41. The molecule has 0 spiro atoms. The highest BCUT2D eigenvalue weighted by molar-refractivity contribution is 3.34. The van der Waals surface area contributed by atoms with Crippen molar-refractivity contribution < 1.29 is 33.5 Å². The average Bonchev–Trinajstić information content (AvgIpc) is 1.30. The van der Waals surface area contributed by atoms with Gasteiger partial charge in [-0.1, -0.05) is 0 Å². The molecule has 0 bridgehead atoms. The molecule has 0 aromatic carbocycles. The molecule has 0 atom stereocenters. The first kappa shape index (κ1) is 7.09. The van der Waals surface area contributed by atoms with E-state index < -0.39 is 10.2 Å². The SMILES string of the molecule is COO[Cl+3]([O-])([O-])[O-]. The van der Waals surface area contributed by atoms with Crippen molar-refractivity contribution >= 4 is 0 Å². The van der Waals surface area contributed by atoms with Crippen LogP contribution in [0.3, 0.4) is 0 Å². The van der Waals surface area contributed by atoms with Gasteiger partial charge < -0.3 is 0 Å². The van der Waals surface area contributed by atoms with Crippen LogP contribution in [0.25, 0.3) is 0 Å². The molecular formula is CH3ClO5. The van der Waals surface area contributed by atoms with Crippen molar-refractivity contribution in [2.24, 2.45) is 0 Å². The Morgan fingerprint density at radius 1 is 1.29 bits per heavy atom. The van der Waals surface area contributed by atoms with Crippen LogP contribution in [-0.2, 0) is 9.33 Å². The molecule has 0 saturated heterocycles. The monoisotopic (exact) mass is 130 g/mol. The van der Waals surface area contributed by atoms with Gasteiger partial charge >= 0.3 is 0 Å². The molecule has 0 aliphatic carbocycles. The highest BCUT2D eigenvalue weighted by atomic mass is 35.7. The van der Waals surface area contributed by atoms with Gasteiger partial charge in [0.15, 0.2) is 0 Å². The van der Waals surface area contributed by atoms with E-state index in [4.69, 9.17) is 0 Å². The van der Waals surface area contributed by atoms with Crippen LogP contribution in [0.2, 0.25) is 0 Å². The van der Waals surface area contributed by atoms with E-state index in [-0.39, 0.29) is 0 Å². The smallest absolute Gasteiger partial charge is 0.180 e. The standard InChI is InChI=1S/CH3ClO5/c1-6-7-2(3,4)5/h1H3. The summed E-state index contributed by atoms with van der Waals surface area (Å²) < 4.78 is 31.0. The Balaban J connectivity index is 3.15. The Bertz CT molecular complexity index is 46.5. The van der Waals surface area contributed by atoms with Gasteiger partial charge in [0.25, 0.3) is 4.44 Å². The average molecular weight is 130 g/mol. The van der Waals surface area contributed by atoms with Crippen LogP contribution in [0.4, 0.5) is 0 Å². The maximum absolute atomic E-state index is 9.30. The molecule has 0 fully saturated rings. The van der Waals surface area contributed by atoms with Crippen molar-refractivity contribution in [1.82, 2.24) is 0 Å². The fourth-order valence-electron chi connectivity index (χ4n) is 0.0772. The van der Waals surface area contributed by atoms with Crippen LogP contribution in [0.1, 0.15) is 0 Å². The minimum absolute atomic E-state index is 0.919. The van der Waals surface area contributed by atoms with E-state index in [9.17, 15) is 14.0 Å². The van der Waals surface area contributed by atoms with Gasteiger partial charge in [0.2, 0.25) is 0 Å². The van der Waals surface area contributed by atoms with Crippen LogP contribution >= 0.6 is 0 Å². The predicted molar refractivity (Wildman–Crippen MR) is 8.09 cm³/mol. The third-order valence-corrected chi connectivity index (χ3v) is 0.420. The lowest BCUT2D eigenvalue weighted by Crippen LogP contribution is -2.60. The third kappa shape index (κ3) is 6.09. The first-order chi connectivity index (χ1) is 3.06. The molecule has 0 rings (SSSR count). The summed E-state index contributed by atoms with van der Waals surface area (Å²) in [6, 6.07) is 0. The number of halogens is 1. The summed E-state index contributed by atoms with van der Waals surface area (Å²) in [4.78, 5) is 3.49. The highest BCUT2D eigenvalue weighted by Crippen LogP contribution is 1.83. The summed E-state index contributed by atoms with van der Waals surface area (Å²) >= 11 is 0. The molecule has 0 amide bonds. The maximum atomic E-state index is 9.30. The molecule has 0 aliphatic heterocycles. The third-order valence-electron chi connectivity index (χ3n) is 0.140. The zero-order valence-corrected chi connectivity index (χ0v) is 4.18. The molecule has 7 heavy (non-hydrogen) atoms. The van der Waals surface area contributed by atoms with E-state index in [0.717, 1.165) is 7.11 Å². The first-order valence-electron chi connectivity index (χ1n) is 1.19. The maximum Gasteiger partial charge on any atom is 0.263 e. The second-order valence-corrected chi connectivity index (χ2v) is 1.49. The number of hydrogen-bond acceptors (Lipinski definition) is 5. The Morgan fingerprint density at radius 2 is 1.71 bits per heavy atom. The van der Waals surface area contributed by atoms with Gasteiger partial charge in [-0.15, -0.1) is 4.89 Å². The van der Waals surface area contributed by atoms with Crippen molar-refractivity contribution in [1.29, 1.82) is 0 Å². The quantitative estimate of drug-likeness (QED) is 0.285. The van der Waals surface area contributed by atoms with E-state index in [0.29, 0.717) is 0 Å². The van der Waals surface area contributed by atoms with Crippen LogP contribution in [-0.4, -0.2) is 7.11 Å². The first-order valence-corrected chi connectivity index (χ1v) is 2.43. The predicted octanol–water partition coefficient (Wildman–Crippen LogP) is -3.54. The lowest BCUT2D eigenvalue weighted by molar-refractivity contribution is -1.93. The molecule has 6 heteroatoms. The van der Waals surface area contributed by atoms with Crippen LogP contribution < -0.4 is 14.0 Å².